The van der Waals surface area contributed by atoms with Crippen molar-refractivity contribution in [2.75, 3.05) is 13.2 Å². The minimum atomic E-state index is -0.882. The number of esters is 4. The fourth-order valence-corrected chi connectivity index (χ4v) is 6.90. The number of hydrogen-bond acceptors (Lipinski definition) is 11. The number of hydrogen-bond donors (Lipinski definition) is 0. The van der Waals surface area contributed by atoms with Crippen LogP contribution in [-0.4, -0.2) is 61.5 Å². The Balaban J connectivity index is 0.867. The van der Waals surface area contributed by atoms with Gasteiger partial charge in [-0.2, -0.15) is 5.26 Å². The predicted octanol–water partition coefficient (Wildman–Crippen LogP) is 7.92. The highest BCUT2D eigenvalue weighted by Crippen LogP contribution is 2.32. The molecule has 0 N–H and O–H groups in total. The van der Waals surface area contributed by atoms with Gasteiger partial charge in [0.15, 0.2) is 12.2 Å². The molecule has 2 aliphatic rings. The van der Waals surface area contributed by atoms with Gasteiger partial charge in [0.2, 0.25) is 0 Å². The van der Waals surface area contributed by atoms with Crippen LogP contribution in [0.4, 0.5) is 0 Å². The molecule has 0 unspecified atom stereocenters. The standard InChI is InChI=1S/C48H32N2O10/c1-50-40(23-30-13-15-36-25-39(19-17-34(36)21-30)58-46(52)32-10-6-3-7-11-32)48(54)60-42-28-56-43-41(27-55-44(42)43)59-47(53)37(26-49)22-29-12-14-35-24-38(18-16-33(35)20-29)57-45(51)31-8-4-2-5-9-31/h2-25,41-44H,27-28H2/b37-22+,40-23-/t41-,42+,43+,44+/m0/s1. The molecule has 2 saturated heterocycles. The first kappa shape index (κ1) is 38.9. The van der Waals surface area contributed by atoms with Gasteiger partial charge in [-0.15, -0.1) is 0 Å². The van der Waals surface area contributed by atoms with E-state index in [0.29, 0.717) is 33.8 Å². The molecule has 0 spiro atoms. The van der Waals surface area contributed by atoms with Crippen molar-refractivity contribution in [2.24, 2.45) is 0 Å². The zero-order valence-electron chi connectivity index (χ0n) is 31.6. The lowest BCUT2D eigenvalue weighted by Gasteiger charge is -2.17. The summed E-state index contributed by atoms with van der Waals surface area (Å²) in [5.41, 5.74) is 1.48. The van der Waals surface area contributed by atoms with Gasteiger partial charge >= 0.3 is 23.9 Å². The summed E-state index contributed by atoms with van der Waals surface area (Å²) in [6.07, 6.45) is -0.472. The maximum atomic E-state index is 13.2. The van der Waals surface area contributed by atoms with Crippen LogP contribution in [0.3, 0.4) is 0 Å². The molecule has 6 aromatic rings. The van der Waals surface area contributed by atoms with Gasteiger partial charge in [0.25, 0.3) is 5.70 Å². The number of fused-ring (bicyclic) bond motifs is 3. The quantitative estimate of drug-likeness (QED) is 0.0437. The van der Waals surface area contributed by atoms with E-state index in [1.54, 1.807) is 121 Å². The van der Waals surface area contributed by atoms with Crippen molar-refractivity contribution in [3.63, 3.8) is 0 Å². The zero-order valence-corrected chi connectivity index (χ0v) is 31.6. The van der Waals surface area contributed by atoms with Gasteiger partial charge < -0.3 is 28.4 Å². The zero-order chi connectivity index (χ0) is 41.6. The number of nitrogens with zero attached hydrogens (tertiary/aromatic N) is 2. The van der Waals surface area contributed by atoms with E-state index in [2.05, 4.69) is 4.85 Å². The van der Waals surface area contributed by atoms with Crippen LogP contribution in [0.2, 0.25) is 0 Å². The van der Waals surface area contributed by atoms with Crippen LogP contribution >= 0.6 is 0 Å². The number of carbonyl (C=O) groups excluding carboxylic acids is 4. The second-order valence-electron chi connectivity index (χ2n) is 13.8. The highest BCUT2D eigenvalue weighted by Gasteiger charge is 2.51. The fourth-order valence-electron chi connectivity index (χ4n) is 6.90. The third-order valence-corrected chi connectivity index (χ3v) is 9.88. The van der Waals surface area contributed by atoms with Crippen LogP contribution < -0.4 is 9.47 Å². The first-order chi connectivity index (χ1) is 29.2. The average Bonchev–Trinajstić information content (AvgIpc) is 3.87. The lowest BCUT2D eigenvalue weighted by Crippen LogP contribution is -2.36. The molecule has 0 radical (unpaired) electrons. The Morgan fingerprint density at radius 3 is 1.53 bits per heavy atom. The van der Waals surface area contributed by atoms with Gasteiger partial charge in [-0.05, 0) is 105 Å². The summed E-state index contributed by atoms with van der Waals surface area (Å²) in [6.45, 7) is 7.56. The molecule has 2 fully saturated rings. The number of nitriles is 1. The molecule has 0 aromatic heterocycles. The van der Waals surface area contributed by atoms with E-state index in [-0.39, 0.29) is 24.5 Å². The Morgan fingerprint density at radius 2 is 1.05 bits per heavy atom. The maximum Gasteiger partial charge on any atom is 0.349 e. The molecule has 12 nitrogen and oxygen atoms in total. The van der Waals surface area contributed by atoms with Crippen molar-refractivity contribution in [3.05, 3.63) is 178 Å². The van der Waals surface area contributed by atoms with Crippen molar-refractivity contribution in [2.45, 2.75) is 24.4 Å². The van der Waals surface area contributed by atoms with Gasteiger partial charge in [0.05, 0.1) is 30.9 Å². The SMILES string of the molecule is [C-]#[N+]/C(=C\c1ccc2cc(OC(=O)c3ccccc3)ccc2c1)C(=O)O[C@@H]1CO[C@H]2[C@@H]1OC[C@@H]2OC(=O)/C(C#N)=C/c1ccc2cc(OC(=O)c3ccccc3)ccc2c1. The lowest BCUT2D eigenvalue weighted by molar-refractivity contribution is -0.150. The van der Waals surface area contributed by atoms with Crippen LogP contribution in [0.5, 0.6) is 11.5 Å². The fraction of sp³-hybridized carbons (Fsp3) is 0.125. The Morgan fingerprint density at radius 1 is 0.600 bits per heavy atom. The summed E-state index contributed by atoms with van der Waals surface area (Å²) in [4.78, 5) is 54.7. The normalized spacial score (nSPS) is 18.5. The number of ether oxygens (including phenoxy) is 6. The highest BCUT2D eigenvalue weighted by atomic mass is 16.7. The van der Waals surface area contributed by atoms with Crippen LogP contribution in [-0.2, 0) is 28.5 Å². The summed E-state index contributed by atoms with van der Waals surface area (Å²) in [5.74, 6) is -1.96. The maximum absolute atomic E-state index is 13.2. The molecule has 2 heterocycles. The van der Waals surface area contributed by atoms with Crippen LogP contribution in [0.25, 0.3) is 38.5 Å². The average molecular weight is 797 g/mol. The minimum Gasteiger partial charge on any atom is -0.462 e. The van der Waals surface area contributed by atoms with Crippen LogP contribution in [0.15, 0.2) is 145 Å². The molecule has 12 heteroatoms. The summed E-state index contributed by atoms with van der Waals surface area (Å²) in [6, 6.07) is 40.1. The monoisotopic (exact) mass is 796 g/mol. The minimum absolute atomic E-state index is 0.0568. The van der Waals surface area contributed by atoms with E-state index in [1.807, 2.05) is 18.2 Å². The first-order valence-corrected chi connectivity index (χ1v) is 18.7. The van der Waals surface area contributed by atoms with Gasteiger partial charge in [-0.25, -0.2) is 19.2 Å². The van der Waals surface area contributed by atoms with Gasteiger partial charge in [-0.3, -0.25) is 4.79 Å². The Bertz CT molecular complexity index is 2610. The number of carbonyl (C=O) groups is 4. The van der Waals surface area contributed by atoms with Crippen LogP contribution in [0.1, 0.15) is 31.8 Å². The molecule has 294 valence electrons. The van der Waals surface area contributed by atoms with Gasteiger partial charge in [0, 0.05) is 0 Å². The molecule has 60 heavy (non-hydrogen) atoms. The molecule has 4 atom stereocenters. The third-order valence-electron chi connectivity index (χ3n) is 9.88. The molecule has 0 aliphatic carbocycles. The Labute approximate surface area is 343 Å². The van der Waals surface area contributed by atoms with E-state index in [4.69, 9.17) is 35.0 Å². The largest absolute Gasteiger partial charge is 0.462 e. The van der Waals surface area contributed by atoms with Gasteiger partial charge in [-0.1, -0.05) is 72.8 Å². The van der Waals surface area contributed by atoms with E-state index in [0.717, 1.165) is 21.5 Å². The van der Waals surface area contributed by atoms with E-state index >= 15 is 0 Å². The first-order valence-electron chi connectivity index (χ1n) is 18.7. The van der Waals surface area contributed by atoms with Crippen molar-refractivity contribution in [1.82, 2.24) is 0 Å². The number of rotatable bonds is 10. The molecule has 0 amide bonds. The summed E-state index contributed by atoms with van der Waals surface area (Å²) < 4.78 is 34.0. The lowest BCUT2D eigenvalue weighted by atomic mass is 10.0. The van der Waals surface area contributed by atoms with E-state index in [9.17, 15) is 24.4 Å². The topological polar surface area (TPSA) is 152 Å². The van der Waals surface area contributed by atoms with Crippen LogP contribution in [0, 0.1) is 17.9 Å². The predicted molar refractivity (Wildman–Crippen MR) is 218 cm³/mol. The molecule has 0 bridgehead atoms. The van der Waals surface area contributed by atoms with Crippen molar-refractivity contribution >= 4 is 57.6 Å². The third kappa shape index (κ3) is 8.66. The number of benzene rings is 6. The summed E-state index contributed by atoms with van der Waals surface area (Å²) in [7, 11) is 0. The van der Waals surface area contributed by atoms with Crippen molar-refractivity contribution in [1.29, 1.82) is 5.26 Å². The van der Waals surface area contributed by atoms with E-state index in [1.165, 1.54) is 12.2 Å². The molecular weight excluding hydrogens is 765 g/mol. The Hall–Kier alpha value is -7.90. The van der Waals surface area contributed by atoms with Gasteiger partial charge in [0.1, 0.15) is 35.3 Å². The summed E-state index contributed by atoms with van der Waals surface area (Å²) in [5, 5.41) is 13.0. The van der Waals surface area contributed by atoms with Crippen molar-refractivity contribution < 1.29 is 47.6 Å². The molecule has 0 saturated carbocycles. The highest BCUT2D eigenvalue weighted by molar-refractivity contribution is 5.99. The molecule has 2 aliphatic heterocycles. The summed E-state index contributed by atoms with van der Waals surface area (Å²) >= 11 is 0. The molecule has 6 aromatic carbocycles. The molecule has 8 rings (SSSR count). The second-order valence-corrected chi connectivity index (χ2v) is 13.8. The van der Waals surface area contributed by atoms with Crippen molar-refractivity contribution in [3.8, 4) is 17.6 Å². The second kappa shape index (κ2) is 17.3. The van der Waals surface area contributed by atoms with E-state index < -0.39 is 48.3 Å². The Kier molecular flexibility index (Phi) is 11.2. The smallest absolute Gasteiger partial charge is 0.349 e. The molecular formula is C48H32N2O10.